The smallest absolute Gasteiger partial charge is 0.275 e. The highest BCUT2D eigenvalue weighted by Crippen LogP contribution is 2.25. The minimum atomic E-state index is -0.852. The number of nitrogens with one attached hydrogen (secondary N) is 2. The number of hydrogen-bond acceptors (Lipinski definition) is 4. The predicted molar refractivity (Wildman–Crippen MR) is 136 cm³/mol. The molecular formula is C27H34N4O4. The molecule has 8 nitrogen and oxygen atoms in total. The molecular weight excluding hydrogens is 444 g/mol. The number of carbonyl (C=O) groups excluding carboxylic acids is 3. The number of pyridine rings is 1. The third-order valence-electron chi connectivity index (χ3n) is 6.32. The largest absolute Gasteiger partial charge is 0.370 e. The van der Waals surface area contributed by atoms with Crippen molar-refractivity contribution in [2.24, 2.45) is 11.7 Å². The summed E-state index contributed by atoms with van der Waals surface area (Å²) in [6.45, 7) is 1.83. The molecule has 1 aromatic carbocycles. The summed E-state index contributed by atoms with van der Waals surface area (Å²) in [5.41, 5.74) is 5.90. The second-order valence-corrected chi connectivity index (χ2v) is 8.96. The molecule has 2 aromatic rings. The van der Waals surface area contributed by atoms with Crippen LogP contribution in [0.25, 0.3) is 0 Å². The number of benzene rings is 1. The molecule has 2 atom stereocenters. The Morgan fingerprint density at radius 1 is 1.11 bits per heavy atom. The average molecular weight is 479 g/mol. The van der Waals surface area contributed by atoms with E-state index in [9.17, 15) is 19.2 Å². The molecule has 0 saturated heterocycles. The van der Waals surface area contributed by atoms with Crippen molar-refractivity contribution in [2.45, 2.75) is 64.0 Å². The lowest BCUT2D eigenvalue weighted by atomic mass is 10.0. The minimum absolute atomic E-state index is 0.0849. The van der Waals surface area contributed by atoms with Crippen LogP contribution in [0, 0.1) is 5.92 Å². The zero-order valence-electron chi connectivity index (χ0n) is 20.1. The van der Waals surface area contributed by atoms with Crippen molar-refractivity contribution in [1.29, 1.82) is 0 Å². The highest BCUT2D eigenvalue weighted by molar-refractivity contribution is 5.92. The fourth-order valence-electron chi connectivity index (χ4n) is 4.45. The first kappa shape index (κ1) is 25.9. The van der Waals surface area contributed by atoms with Gasteiger partial charge in [-0.25, -0.2) is 0 Å². The van der Waals surface area contributed by atoms with Gasteiger partial charge in [0.15, 0.2) is 0 Å². The van der Waals surface area contributed by atoms with Crippen LogP contribution in [0.2, 0.25) is 0 Å². The molecule has 1 heterocycles. The van der Waals surface area contributed by atoms with E-state index >= 15 is 0 Å². The van der Waals surface area contributed by atoms with Crippen molar-refractivity contribution in [3.8, 4) is 0 Å². The third-order valence-corrected chi connectivity index (χ3v) is 6.32. The van der Waals surface area contributed by atoms with Crippen molar-refractivity contribution in [3.05, 3.63) is 76.7 Å². The lowest BCUT2D eigenvalue weighted by molar-refractivity contribution is -0.125. The SMILES string of the molecule is C/C=C/[C@H](CCC(N)=O)NC(=O)[C@H](Cc1ccccc1)n1cccc(NC(=O)C2CCCC2)c1=O. The molecule has 1 aromatic heterocycles. The molecule has 0 spiro atoms. The summed E-state index contributed by atoms with van der Waals surface area (Å²) >= 11 is 0. The molecule has 8 heteroatoms. The first-order valence-electron chi connectivity index (χ1n) is 12.2. The molecule has 1 fully saturated rings. The Morgan fingerprint density at radius 2 is 1.83 bits per heavy atom. The molecule has 4 N–H and O–H groups in total. The standard InChI is InChI=1S/C27H34N4O4/c1-2-9-21(15-16-24(28)32)29-26(34)23(18-19-10-4-3-5-11-19)31-17-8-14-22(27(31)35)30-25(33)20-12-6-7-13-20/h2-5,8-11,14,17,20-21,23H,6-7,12-13,15-16,18H2,1H3,(H2,28,32)(H,29,34)(H,30,33)/b9-2+/t21-,23+/m1/s1. The van der Waals surface area contributed by atoms with Gasteiger partial charge in [0.2, 0.25) is 17.7 Å². The van der Waals surface area contributed by atoms with E-state index in [1.807, 2.05) is 37.3 Å². The van der Waals surface area contributed by atoms with Crippen LogP contribution in [-0.4, -0.2) is 28.3 Å². The minimum Gasteiger partial charge on any atom is -0.370 e. The van der Waals surface area contributed by atoms with Gasteiger partial charge in [-0.15, -0.1) is 0 Å². The summed E-state index contributed by atoms with van der Waals surface area (Å²) < 4.78 is 1.37. The molecule has 0 unspecified atom stereocenters. The summed E-state index contributed by atoms with van der Waals surface area (Å²) in [6.07, 6.45) is 9.59. The van der Waals surface area contributed by atoms with Crippen molar-refractivity contribution >= 4 is 23.4 Å². The fourth-order valence-corrected chi connectivity index (χ4v) is 4.45. The molecule has 0 bridgehead atoms. The average Bonchev–Trinajstić information content (AvgIpc) is 3.38. The van der Waals surface area contributed by atoms with E-state index in [1.165, 1.54) is 4.57 Å². The number of allylic oxidation sites excluding steroid dienone is 1. The quantitative estimate of drug-likeness (QED) is 0.429. The molecule has 3 amide bonds. The summed E-state index contributed by atoms with van der Waals surface area (Å²) in [5, 5.41) is 5.72. The van der Waals surface area contributed by atoms with Crippen LogP contribution in [0.4, 0.5) is 5.69 Å². The Kier molecular flexibility index (Phi) is 9.40. The summed E-state index contributed by atoms with van der Waals surface area (Å²) in [7, 11) is 0. The number of carbonyl (C=O) groups is 3. The molecule has 1 saturated carbocycles. The number of primary amides is 1. The number of hydrogen-bond donors (Lipinski definition) is 3. The zero-order chi connectivity index (χ0) is 25.2. The van der Waals surface area contributed by atoms with E-state index in [4.69, 9.17) is 5.73 Å². The van der Waals surface area contributed by atoms with Gasteiger partial charge in [-0.1, -0.05) is 55.3 Å². The summed E-state index contributed by atoms with van der Waals surface area (Å²) in [5.74, 6) is -1.04. The maximum absolute atomic E-state index is 13.5. The highest BCUT2D eigenvalue weighted by Gasteiger charge is 2.27. The lowest BCUT2D eigenvalue weighted by Gasteiger charge is -2.23. The number of anilines is 1. The number of aromatic nitrogens is 1. The van der Waals surface area contributed by atoms with Crippen LogP contribution in [0.5, 0.6) is 0 Å². The number of rotatable bonds is 11. The molecule has 186 valence electrons. The van der Waals surface area contributed by atoms with Gasteiger partial charge in [0, 0.05) is 31.0 Å². The Morgan fingerprint density at radius 3 is 2.49 bits per heavy atom. The Labute approximate surface area is 205 Å². The second-order valence-electron chi connectivity index (χ2n) is 8.96. The zero-order valence-corrected chi connectivity index (χ0v) is 20.1. The topological polar surface area (TPSA) is 123 Å². The van der Waals surface area contributed by atoms with Gasteiger partial charge in [0.1, 0.15) is 11.7 Å². The Bertz CT molecular complexity index is 1100. The van der Waals surface area contributed by atoms with Crippen molar-refractivity contribution in [1.82, 2.24) is 9.88 Å². The van der Waals surface area contributed by atoms with Gasteiger partial charge in [-0.3, -0.25) is 19.2 Å². The van der Waals surface area contributed by atoms with Crippen LogP contribution in [0.1, 0.15) is 57.1 Å². The first-order valence-corrected chi connectivity index (χ1v) is 12.2. The third kappa shape index (κ3) is 7.40. The Hall–Kier alpha value is -3.68. The van der Waals surface area contributed by atoms with E-state index in [-0.39, 0.29) is 36.3 Å². The molecule has 1 aliphatic carbocycles. The van der Waals surface area contributed by atoms with Crippen LogP contribution in [-0.2, 0) is 20.8 Å². The van der Waals surface area contributed by atoms with Gasteiger partial charge in [0.05, 0.1) is 0 Å². The van der Waals surface area contributed by atoms with Crippen molar-refractivity contribution in [2.75, 3.05) is 5.32 Å². The number of nitrogens with two attached hydrogens (primary N) is 1. The number of nitrogens with zero attached hydrogens (tertiary/aromatic N) is 1. The van der Waals surface area contributed by atoms with E-state index in [1.54, 1.807) is 30.5 Å². The maximum atomic E-state index is 13.5. The Balaban J connectivity index is 1.88. The van der Waals surface area contributed by atoms with E-state index < -0.39 is 23.6 Å². The lowest BCUT2D eigenvalue weighted by Crippen LogP contribution is -2.43. The van der Waals surface area contributed by atoms with E-state index in [0.29, 0.717) is 6.42 Å². The van der Waals surface area contributed by atoms with Gasteiger partial charge in [0.25, 0.3) is 5.56 Å². The van der Waals surface area contributed by atoms with Gasteiger partial charge >= 0.3 is 0 Å². The highest BCUT2D eigenvalue weighted by atomic mass is 16.2. The molecule has 0 aliphatic heterocycles. The maximum Gasteiger partial charge on any atom is 0.275 e. The van der Waals surface area contributed by atoms with Crippen LogP contribution in [0.15, 0.2) is 65.6 Å². The van der Waals surface area contributed by atoms with Gasteiger partial charge in [-0.05, 0) is 43.9 Å². The van der Waals surface area contributed by atoms with Crippen molar-refractivity contribution in [3.63, 3.8) is 0 Å². The monoisotopic (exact) mass is 478 g/mol. The van der Waals surface area contributed by atoms with Crippen molar-refractivity contribution < 1.29 is 14.4 Å². The van der Waals surface area contributed by atoms with E-state index in [2.05, 4.69) is 10.6 Å². The summed E-state index contributed by atoms with van der Waals surface area (Å²) in [4.78, 5) is 50.7. The fraction of sp³-hybridized carbons (Fsp3) is 0.407. The molecule has 3 rings (SSSR count). The normalized spacial score (nSPS) is 15.6. The molecule has 35 heavy (non-hydrogen) atoms. The van der Waals surface area contributed by atoms with E-state index in [0.717, 1.165) is 31.2 Å². The molecule has 1 aliphatic rings. The summed E-state index contributed by atoms with van der Waals surface area (Å²) in [6, 6.07) is 11.4. The predicted octanol–water partition coefficient (Wildman–Crippen LogP) is 3.09. The van der Waals surface area contributed by atoms with Crippen LogP contribution < -0.4 is 21.9 Å². The molecule has 0 radical (unpaired) electrons. The van der Waals surface area contributed by atoms with Gasteiger partial charge < -0.3 is 20.9 Å². The first-order chi connectivity index (χ1) is 16.9. The number of amides is 3. The van der Waals surface area contributed by atoms with Gasteiger partial charge in [-0.2, -0.15) is 0 Å². The second kappa shape index (κ2) is 12.7. The van der Waals surface area contributed by atoms with Crippen LogP contribution >= 0.6 is 0 Å². The van der Waals surface area contributed by atoms with Crippen LogP contribution in [0.3, 0.4) is 0 Å².